The number of nitrogens with one attached hydrogen (secondary N) is 1. The summed E-state index contributed by atoms with van der Waals surface area (Å²) < 4.78 is 7.57. The topological polar surface area (TPSA) is 56.2 Å². The van der Waals surface area contributed by atoms with E-state index in [1.165, 1.54) is 0 Å². The Morgan fingerprint density at radius 3 is 3.00 bits per heavy atom. The van der Waals surface area contributed by atoms with Gasteiger partial charge < -0.3 is 14.6 Å². The van der Waals surface area contributed by atoms with E-state index in [1.54, 1.807) is 6.20 Å². The molecule has 1 fully saturated rings. The Kier molecular flexibility index (Phi) is 4.90. The molecule has 1 aromatic rings. The highest BCUT2D eigenvalue weighted by atomic mass is 16.5. The smallest absolute Gasteiger partial charge is 0.158 e. The molecule has 0 bridgehead atoms. The lowest BCUT2D eigenvalue weighted by Gasteiger charge is -2.22. The van der Waals surface area contributed by atoms with Gasteiger partial charge in [0, 0.05) is 32.3 Å². The molecule has 1 saturated heterocycles. The van der Waals surface area contributed by atoms with Crippen LogP contribution in [0.15, 0.2) is 12.4 Å². The van der Waals surface area contributed by atoms with Crippen molar-refractivity contribution in [1.82, 2.24) is 14.9 Å². The molecular formula is C13H21N3O2. The van der Waals surface area contributed by atoms with Gasteiger partial charge in [-0.2, -0.15) is 0 Å². The molecule has 0 spiro atoms. The molecule has 0 aromatic carbocycles. The summed E-state index contributed by atoms with van der Waals surface area (Å²) in [6.07, 6.45) is 7.12. The van der Waals surface area contributed by atoms with Crippen molar-refractivity contribution < 1.29 is 9.53 Å². The monoisotopic (exact) mass is 251 g/mol. The van der Waals surface area contributed by atoms with Crippen LogP contribution in [0.1, 0.15) is 25.1 Å². The van der Waals surface area contributed by atoms with Crippen molar-refractivity contribution in [2.45, 2.75) is 31.8 Å². The van der Waals surface area contributed by atoms with Gasteiger partial charge in [-0.05, 0) is 25.9 Å². The molecule has 1 aliphatic rings. The Balaban J connectivity index is 1.64. The summed E-state index contributed by atoms with van der Waals surface area (Å²) in [6, 6.07) is 0. The van der Waals surface area contributed by atoms with E-state index in [4.69, 9.17) is 4.74 Å². The molecule has 0 amide bonds. The Hall–Kier alpha value is -1.20. The van der Waals surface area contributed by atoms with Gasteiger partial charge in [-0.25, -0.2) is 4.98 Å². The molecule has 100 valence electrons. The summed E-state index contributed by atoms with van der Waals surface area (Å²) >= 11 is 0. The Labute approximate surface area is 108 Å². The van der Waals surface area contributed by atoms with E-state index in [1.807, 2.05) is 17.8 Å². The normalized spacial score (nSPS) is 16.9. The molecule has 2 rings (SSSR count). The molecule has 0 radical (unpaired) electrons. The maximum atomic E-state index is 11.7. The van der Waals surface area contributed by atoms with Crippen LogP contribution < -0.4 is 5.32 Å². The summed E-state index contributed by atoms with van der Waals surface area (Å²) in [5.41, 5.74) is 0. The third-order valence-electron chi connectivity index (χ3n) is 3.31. The van der Waals surface area contributed by atoms with Crippen molar-refractivity contribution in [3.05, 3.63) is 18.2 Å². The third-order valence-corrected chi connectivity index (χ3v) is 3.31. The lowest BCUT2D eigenvalue weighted by molar-refractivity contribution is -0.126. The fourth-order valence-electron chi connectivity index (χ4n) is 2.13. The first-order valence-corrected chi connectivity index (χ1v) is 6.56. The molecule has 0 aliphatic carbocycles. The molecule has 1 N–H and O–H groups in total. The predicted octanol–water partition coefficient (Wildman–Crippen LogP) is 0.690. The van der Waals surface area contributed by atoms with Crippen molar-refractivity contribution >= 4 is 5.78 Å². The predicted molar refractivity (Wildman–Crippen MR) is 68.4 cm³/mol. The van der Waals surface area contributed by atoms with Gasteiger partial charge in [0.15, 0.2) is 5.78 Å². The van der Waals surface area contributed by atoms with Crippen LogP contribution in [0.4, 0.5) is 0 Å². The lowest BCUT2D eigenvalue weighted by Crippen LogP contribution is -2.33. The van der Waals surface area contributed by atoms with Gasteiger partial charge in [-0.15, -0.1) is 0 Å². The van der Waals surface area contributed by atoms with Crippen LogP contribution in [-0.2, 0) is 23.0 Å². The standard InChI is InChI=1S/C13H21N3O2/c1-16-9-8-15-13(16)3-2-11(17)10-18-12-4-6-14-7-5-12/h8-9,12,14H,2-7,10H2,1H3. The summed E-state index contributed by atoms with van der Waals surface area (Å²) in [5.74, 6) is 1.11. The zero-order valence-corrected chi connectivity index (χ0v) is 10.9. The van der Waals surface area contributed by atoms with E-state index in [0.29, 0.717) is 12.8 Å². The summed E-state index contributed by atoms with van der Waals surface area (Å²) in [6.45, 7) is 2.23. The minimum absolute atomic E-state index is 0.163. The molecule has 5 heteroatoms. The Bertz CT molecular complexity index is 383. The fraction of sp³-hybridized carbons (Fsp3) is 0.692. The third kappa shape index (κ3) is 3.92. The number of carbonyl (C=O) groups is 1. The van der Waals surface area contributed by atoms with Gasteiger partial charge in [-0.1, -0.05) is 0 Å². The molecular weight excluding hydrogens is 230 g/mol. The first kappa shape index (κ1) is 13.2. The number of aryl methyl sites for hydroxylation is 2. The number of piperidine rings is 1. The van der Waals surface area contributed by atoms with Crippen LogP contribution >= 0.6 is 0 Å². The van der Waals surface area contributed by atoms with Gasteiger partial charge in [0.1, 0.15) is 12.4 Å². The number of ketones is 1. The van der Waals surface area contributed by atoms with Gasteiger partial charge in [0.05, 0.1) is 6.10 Å². The second kappa shape index (κ2) is 6.66. The minimum atomic E-state index is 0.163. The van der Waals surface area contributed by atoms with Crippen LogP contribution in [0.5, 0.6) is 0 Å². The molecule has 0 unspecified atom stereocenters. The maximum Gasteiger partial charge on any atom is 0.158 e. The van der Waals surface area contributed by atoms with Crippen molar-refractivity contribution in [2.24, 2.45) is 7.05 Å². The molecule has 0 saturated carbocycles. The number of carbonyl (C=O) groups excluding carboxylic acids is 1. The second-order valence-electron chi connectivity index (χ2n) is 4.75. The van der Waals surface area contributed by atoms with Crippen molar-refractivity contribution in [3.63, 3.8) is 0 Å². The van der Waals surface area contributed by atoms with Crippen LogP contribution in [0.3, 0.4) is 0 Å². The molecule has 1 aromatic heterocycles. The van der Waals surface area contributed by atoms with Gasteiger partial charge in [0.2, 0.25) is 0 Å². The number of hydrogen-bond acceptors (Lipinski definition) is 4. The number of imidazole rings is 1. The summed E-state index contributed by atoms with van der Waals surface area (Å²) in [4.78, 5) is 15.9. The minimum Gasteiger partial charge on any atom is -0.370 e. The number of rotatable bonds is 6. The second-order valence-corrected chi connectivity index (χ2v) is 4.75. The van der Waals surface area contributed by atoms with Gasteiger partial charge in [0.25, 0.3) is 0 Å². The summed E-state index contributed by atoms with van der Waals surface area (Å²) in [7, 11) is 1.94. The molecule has 5 nitrogen and oxygen atoms in total. The van der Waals surface area contributed by atoms with Crippen molar-refractivity contribution in [1.29, 1.82) is 0 Å². The highest BCUT2D eigenvalue weighted by Crippen LogP contribution is 2.07. The quantitative estimate of drug-likeness (QED) is 0.808. The molecule has 1 aliphatic heterocycles. The lowest BCUT2D eigenvalue weighted by atomic mass is 10.1. The van der Waals surface area contributed by atoms with Gasteiger partial charge >= 0.3 is 0 Å². The first-order valence-electron chi connectivity index (χ1n) is 6.56. The number of Topliss-reactive ketones (excluding diaryl/α,β-unsaturated/α-hetero) is 1. The van der Waals surface area contributed by atoms with E-state index in [9.17, 15) is 4.79 Å². The number of aromatic nitrogens is 2. The maximum absolute atomic E-state index is 11.7. The largest absolute Gasteiger partial charge is 0.370 e. The van der Waals surface area contributed by atoms with E-state index < -0.39 is 0 Å². The Morgan fingerprint density at radius 2 is 2.33 bits per heavy atom. The van der Waals surface area contributed by atoms with Crippen molar-refractivity contribution in [2.75, 3.05) is 19.7 Å². The first-order chi connectivity index (χ1) is 8.75. The molecule has 18 heavy (non-hydrogen) atoms. The Morgan fingerprint density at radius 1 is 1.56 bits per heavy atom. The summed E-state index contributed by atoms with van der Waals surface area (Å²) in [5, 5.41) is 3.28. The number of hydrogen-bond donors (Lipinski definition) is 1. The average Bonchev–Trinajstić information content (AvgIpc) is 2.81. The number of nitrogens with zero attached hydrogens (tertiary/aromatic N) is 2. The van der Waals surface area contributed by atoms with E-state index in [-0.39, 0.29) is 18.5 Å². The SMILES string of the molecule is Cn1ccnc1CCC(=O)COC1CCNCC1. The van der Waals surface area contributed by atoms with E-state index >= 15 is 0 Å². The van der Waals surface area contributed by atoms with E-state index in [0.717, 1.165) is 31.8 Å². The highest BCUT2D eigenvalue weighted by molar-refractivity contribution is 5.79. The van der Waals surface area contributed by atoms with E-state index in [2.05, 4.69) is 10.3 Å². The zero-order chi connectivity index (χ0) is 12.8. The molecule has 2 heterocycles. The zero-order valence-electron chi connectivity index (χ0n) is 10.9. The number of ether oxygens (including phenoxy) is 1. The molecule has 0 atom stereocenters. The highest BCUT2D eigenvalue weighted by Gasteiger charge is 2.15. The average molecular weight is 251 g/mol. The van der Waals surface area contributed by atoms with Crippen LogP contribution in [0.2, 0.25) is 0 Å². The van der Waals surface area contributed by atoms with Crippen LogP contribution in [-0.4, -0.2) is 41.1 Å². The van der Waals surface area contributed by atoms with Crippen LogP contribution in [0.25, 0.3) is 0 Å². The van der Waals surface area contributed by atoms with Gasteiger partial charge in [-0.3, -0.25) is 4.79 Å². The van der Waals surface area contributed by atoms with Crippen molar-refractivity contribution in [3.8, 4) is 0 Å². The van der Waals surface area contributed by atoms with Crippen LogP contribution in [0, 0.1) is 0 Å². The fourth-order valence-corrected chi connectivity index (χ4v) is 2.13.